The first kappa shape index (κ1) is 15.3. The van der Waals surface area contributed by atoms with Gasteiger partial charge < -0.3 is 0 Å². The van der Waals surface area contributed by atoms with Crippen LogP contribution in [-0.4, -0.2) is 16.3 Å². The van der Waals surface area contributed by atoms with E-state index < -0.39 is 0 Å². The maximum atomic E-state index is 9.65. The molecule has 0 bridgehead atoms. The molecule has 2 atom stereocenters. The molecule has 0 spiro atoms. The van der Waals surface area contributed by atoms with E-state index in [1.165, 1.54) is 50.0 Å². The molecule has 18 heavy (non-hydrogen) atoms. The quantitative estimate of drug-likeness (QED) is 0.589. The van der Waals surface area contributed by atoms with Gasteiger partial charge in [-0.3, -0.25) is 10.3 Å². The van der Waals surface area contributed by atoms with Crippen molar-refractivity contribution < 1.29 is 5.21 Å². The summed E-state index contributed by atoms with van der Waals surface area (Å²) in [5, 5.41) is 11.0. The van der Waals surface area contributed by atoms with Gasteiger partial charge in [-0.25, -0.2) is 0 Å². The minimum Gasteiger partial charge on any atom is -0.288 e. The van der Waals surface area contributed by atoms with Gasteiger partial charge in [0.1, 0.15) is 0 Å². The Morgan fingerprint density at radius 1 is 1.11 bits per heavy atom. The Kier molecular flexibility index (Phi) is 7.83. The van der Waals surface area contributed by atoms with Crippen molar-refractivity contribution in [1.29, 1.82) is 0 Å². The molecule has 0 aromatic rings. The average Bonchev–Trinajstić information content (AvgIpc) is 2.37. The lowest BCUT2D eigenvalue weighted by Crippen LogP contribution is -2.27. The normalized spacial score (nSPS) is 20.4. The zero-order valence-electron chi connectivity index (χ0n) is 12.0. The Labute approximate surface area is 112 Å². The van der Waals surface area contributed by atoms with E-state index in [9.17, 15) is 5.21 Å². The lowest BCUT2D eigenvalue weighted by molar-refractivity contribution is -0.0688. The van der Waals surface area contributed by atoms with Crippen molar-refractivity contribution in [2.75, 3.05) is 0 Å². The first-order valence-corrected chi connectivity index (χ1v) is 7.56. The van der Waals surface area contributed by atoms with Crippen molar-refractivity contribution in [1.82, 2.24) is 5.06 Å². The second-order valence-electron chi connectivity index (χ2n) is 5.56. The number of hydroxylamine groups is 2. The van der Waals surface area contributed by atoms with E-state index in [-0.39, 0.29) is 6.04 Å². The molecule has 1 N–H and O–H groups in total. The molecule has 0 amide bonds. The maximum Gasteiger partial charge on any atom is 0.0739 e. The molecule has 0 fully saturated rings. The molecule has 1 heterocycles. The fourth-order valence-corrected chi connectivity index (χ4v) is 2.45. The van der Waals surface area contributed by atoms with Gasteiger partial charge in [0.2, 0.25) is 0 Å². The van der Waals surface area contributed by atoms with Crippen LogP contribution in [0.5, 0.6) is 0 Å². The molecule has 104 valence electrons. The standard InChI is InChI=1S/C16H29NO/c1-3-4-5-6-7-10-15(2)12-13-16-11-8-9-14-17(16)18/h8-9,11,14-16,18H,3-7,10,12-13H2,1-2H3. The van der Waals surface area contributed by atoms with Gasteiger partial charge in [-0.2, -0.15) is 0 Å². The zero-order chi connectivity index (χ0) is 13.2. The molecule has 1 aliphatic rings. The first-order valence-electron chi connectivity index (χ1n) is 7.56. The summed E-state index contributed by atoms with van der Waals surface area (Å²) in [4.78, 5) is 0. The number of nitrogens with zero attached hydrogens (tertiary/aromatic N) is 1. The molecular weight excluding hydrogens is 222 g/mol. The van der Waals surface area contributed by atoms with Gasteiger partial charge in [0.25, 0.3) is 0 Å². The maximum absolute atomic E-state index is 9.65. The number of rotatable bonds is 9. The average molecular weight is 251 g/mol. The van der Waals surface area contributed by atoms with E-state index in [0.29, 0.717) is 0 Å². The van der Waals surface area contributed by atoms with Gasteiger partial charge in [-0.1, -0.05) is 64.5 Å². The van der Waals surface area contributed by atoms with E-state index in [1.54, 1.807) is 6.20 Å². The fourth-order valence-electron chi connectivity index (χ4n) is 2.45. The van der Waals surface area contributed by atoms with Crippen LogP contribution in [0.1, 0.15) is 65.2 Å². The number of hydrogen-bond acceptors (Lipinski definition) is 2. The third-order valence-corrected chi connectivity index (χ3v) is 3.78. The molecule has 2 heteroatoms. The second-order valence-corrected chi connectivity index (χ2v) is 5.56. The predicted octanol–water partition coefficient (Wildman–Crippen LogP) is 4.91. The van der Waals surface area contributed by atoms with Gasteiger partial charge in [-0.05, 0) is 24.8 Å². The number of hydrogen-bond donors (Lipinski definition) is 1. The van der Waals surface area contributed by atoms with Crippen molar-refractivity contribution in [3.63, 3.8) is 0 Å². The van der Waals surface area contributed by atoms with Crippen LogP contribution in [0.25, 0.3) is 0 Å². The van der Waals surface area contributed by atoms with Crippen LogP contribution in [0.3, 0.4) is 0 Å². The van der Waals surface area contributed by atoms with Gasteiger partial charge in [0.05, 0.1) is 6.04 Å². The van der Waals surface area contributed by atoms with E-state index in [1.807, 2.05) is 12.2 Å². The van der Waals surface area contributed by atoms with Crippen molar-refractivity contribution in [2.45, 2.75) is 71.3 Å². The van der Waals surface area contributed by atoms with Crippen LogP contribution >= 0.6 is 0 Å². The molecule has 2 unspecified atom stereocenters. The van der Waals surface area contributed by atoms with Gasteiger partial charge in [-0.15, -0.1) is 0 Å². The zero-order valence-corrected chi connectivity index (χ0v) is 12.0. The summed E-state index contributed by atoms with van der Waals surface area (Å²) in [5.74, 6) is 0.777. The van der Waals surface area contributed by atoms with Gasteiger partial charge in [0.15, 0.2) is 0 Å². The van der Waals surface area contributed by atoms with Crippen LogP contribution in [0.4, 0.5) is 0 Å². The topological polar surface area (TPSA) is 23.5 Å². The summed E-state index contributed by atoms with van der Waals surface area (Å²) >= 11 is 0. The predicted molar refractivity (Wildman–Crippen MR) is 77.5 cm³/mol. The minimum atomic E-state index is 0.178. The SMILES string of the molecule is CCCCCCCC(C)CCC1C=CC=CN1O. The smallest absolute Gasteiger partial charge is 0.0739 e. The highest BCUT2D eigenvalue weighted by molar-refractivity contribution is 5.11. The highest BCUT2D eigenvalue weighted by atomic mass is 16.5. The summed E-state index contributed by atoms with van der Waals surface area (Å²) in [6.07, 6.45) is 18.1. The second kappa shape index (κ2) is 9.21. The Morgan fingerprint density at radius 2 is 1.89 bits per heavy atom. The van der Waals surface area contributed by atoms with Crippen LogP contribution in [0, 0.1) is 5.92 Å². The summed E-state index contributed by atoms with van der Waals surface area (Å²) in [6, 6.07) is 0.178. The molecule has 0 aliphatic carbocycles. The minimum absolute atomic E-state index is 0.178. The highest BCUT2D eigenvalue weighted by Crippen LogP contribution is 2.19. The lowest BCUT2D eigenvalue weighted by atomic mass is 9.95. The molecule has 1 rings (SSSR count). The van der Waals surface area contributed by atoms with Gasteiger partial charge >= 0.3 is 0 Å². The third-order valence-electron chi connectivity index (χ3n) is 3.78. The van der Waals surface area contributed by atoms with Crippen molar-refractivity contribution in [3.05, 3.63) is 24.4 Å². The van der Waals surface area contributed by atoms with E-state index in [4.69, 9.17) is 0 Å². The van der Waals surface area contributed by atoms with E-state index in [2.05, 4.69) is 19.9 Å². The third kappa shape index (κ3) is 6.25. The van der Waals surface area contributed by atoms with E-state index in [0.717, 1.165) is 12.3 Å². The Hall–Kier alpha value is -0.760. The Morgan fingerprint density at radius 3 is 2.61 bits per heavy atom. The summed E-state index contributed by atoms with van der Waals surface area (Å²) in [5.41, 5.74) is 0. The monoisotopic (exact) mass is 251 g/mol. The molecule has 0 radical (unpaired) electrons. The molecule has 0 saturated carbocycles. The molecule has 2 nitrogen and oxygen atoms in total. The number of unbranched alkanes of at least 4 members (excludes halogenated alkanes) is 4. The summed E-state index contributed by atoms with van der Waals surface area (Å²) in [7, 11) is 0. The van der Waals surface area contributed by atoms with Gasteiger partial charge in [0, 0.05) is 6.20 Å². The summed E-state index contributed by atoms with van der Waals surface area (Å²) in [6.45, 7) is 4.60. The van der Waals surface area contributed by atoms with Crippen molar-refractivity contribution >= 4 is 0 Å². The van der Waals surface area contributed by atoms with Crippen LogP contribution < -0.4 is 0 Å². The van der Waals surface area contributed by atoms with E-state index >= 15 is 0 Å². The largest absolute Gasteiger partial charge is 0.288 e. The van der Waals surface area contributed by atoms with Crippen LogP contribution in [-0.2, 0) is 0 Å². The molecule has 1 aliphatic heterocycles. The fraction of sp³-hybridized carbons (Fsp3) is 0.750. The van der Waals surface area contributed by atoms with Crippen LogP contribution in [0.2, 0.25) is 0 Å². The highest BCUT2D eigenvalue weighted by Gasteiger charge is 2.13. The van der Waals surface area contributed by atoms with Crippen molar-refractivity contribution in [2.24, 2.45) is 5.92 Å². The van der Waals surface area contributed by atoms with Crippen molar-refractivity contribution in [3.8, 4) is 0 Å². The molecule has 0 aromatic carbocycles. The number of allylic oxidation sites excluding steroid dienone is 2. The molecule has 0 saturated heterocycles. The first-order chi connectivity index (χ1) is 8.74. The van der Waals surface area contributed by atoms with Crippen LogP contribution in [0.15, 0.2) is 24.4 Å². The molecule has 0 aromatic heterocycles. The Bertz CT molecular complexity index is 260. The molecular formula is C16H29NO. The summed E-state index contributed by atoms with van der Waals surface area (Å²) < 4.78 is 0. The lowest BCUT2D eigenvalue weighted by Gasteiger charge is -2.25. The Balaban J connectivity index is 2.04.